The van der Waals surface area contributed by atoms with Crippen LogP contribution >= 0.6 is 0 Å². The summed E-state index contributed by atoms with van der Waals surface area (Å²) in [4.78, 5) is 20.1. The highest BCUT2D eigenvalue weighted by molar-refractivity contribution is 5.90. The predicted molar refractivity (Wildman–Crippen MR) is 71.1 cm³/mol. The zero-order valence-corrected chi connectivity index (χ0v) is 10.9. The maximum absolute atomic E-state index is 10.7. The fourth-order valence-corrected chi connectivity index (χ4v) is 1.07. The molecule has 0 aliphatic carbocycles. The van der Waals surface area contributed by atoms with Gasteiger partial charge in [0.1, 0.15) is 5.78 Å². The molecular weight excluding hydrogens is 230 g/mol. The van der Waals surface area contributed by atoms with Crippen molar-refractivity contribution >= 4 is 17.8 Å². The van der Waals surface area contributed by atoms with E-state index in [0.29, 0.717) is 0 Å². The lowest BCUT2D eigenvalue weighted by Crippen LogP contribution is -2.14. The zero-order valence-electron chi connectivity index (χ0n) is 10.9. The number of amides is 1. The minimum atomic E-state index is -0.524. The quantitative estimate of drug-likeness (QED) is 0.491. The molecule has 98 valence electrons. The van der Waals surface area contributed by atoms with Crippen LogP contribution in [0.25, 0.3) is 6.08 Å². The number of aryl methyl sites for hydroxylation is 1. The average molecular weight is 249 g/mol. The van der Waals surface area contributed by atoms with Gasteiger partial charge in [0.05, 0.1) is 0 Å². The van der Waals surface area contributed by atoms with E-state index in [4.69, 9.17) is 5.21 Å². The molecule has 0 saturated heterocycles. The molecular formula is C14H19NO3. The second kappa shape index (κ2) is 9.13. The molecule has 0 aromatic heterocycles. The first-order valence-corrected chi connectivity index (χ1v) is 5.67. The molecule has 1 amide bonds. The Balaban J connectivity index is 0.000000631. The van der Waals surface area contributed by atoms with Gasteiger partial charge in [0, 0.05) is 6.08 Å². The van der Waals surface area contributed by atoms with Crippen LogP contribution in [0, 0.1) is 0 Å². The average Bonchev–Trinajstić information content (AvgIpc) is 2.35. The first-order valence-electron chi connectivity index (χ1n) is 5.67. The fraction of sp³-hybridized carbons (Fsp3) is 0.286. The SMILES string of the molecule is CC(C)=O.CCc1ccc(/C=C/C(=O)NO)cc1. The third kappa shape index (κ3) is 8.24. The highest BCUT2D eigenvalue weighted by atomic mass is 16.5. The molecule has 0 radical (unpaired) electrons. The molecule has 0 atom stereocenters. The van der Waals surface area contributed by atoms with Gasteiger partial charge in [0.15, 0.2) is 0 Å². The van der Waals surface area contributed by atoms with Crippen LogP contribution in [0.15, 0.2) is 30.3 Å². The van der Waals surface area contributed by atoms with Crippen molar-refractivity contribution in [2.45, 2.75) is 27.2 Å². The molecule has 0 bridgehead atoms. The molecule has 0 fully saturated rings. The highest BCUT2D eigenvalue weighted by Gasteiger charge is 1.91. The van der Waals surface area contributed by atoms with Crippen LogP contribution in [-0.2, 0) is 16.0 Å². The Morgan fingerprint density at radius 2 is 1.72 bits per heavy atom. The van der Waals surface area contributed by atoms with E-state index in [2.05, 4.69) is 6.92 Å². The van der Waals surface area contributed by atoms with Gasteiger partial charge in [0.2, 0.25) is 0 Å². The van der Waals surface area contributed by atoms with Crippen LogP contribution in [-0.4, -0.2) is 16.9 Å². The molecule has 18 heavy (non-hydrogen) atoms. The van der Waals surface area contributed by atoms with Crippen molar-refractivity contribution in [1.29, 1.82) is 0 Å². The van der Waals surface area contributed by atoms with E-state index in [9.17, 15) is 9.59 Å². The maximum Gasteiger partial charge on any atom is 0.267 e. The summed E-state index contributed by atoms with van der Waals surface area (Å²) >= 11 is 0. The van der Waals surface area contributed by atoms with E-state index in [1.165, 1.54) is 31.0 Å². The summed E-state index contributed by atoms with van der Waals surface area (Å²) in [7, 11) is 0. The van der Waals surface area contributed by atoms with Gasteiger partial charge in [-0.05, 0) is 37.5 Å². The molecule has 4 heteroatoms. The Labute approximate surface area is 107 Å². The van der Waals surface area contributed by atoms with Crippen LogP contribution in [0.5, 0.6) is 0 Å². The molecule has 0 heterocycles. The maximum atomic E-state index is 10.7. The number of benzene rings is 1. The smallest absolute Gasteiger partial charge is 0.267 e. The number of hydrogen-bond donors (Lipinski definition) is 2. The normalized spacial score (nSPS) is 9.56. The second-order valence-electron chi connectivity index (χ2n) is 3.81. The van der Waals surface area contributed by atoms with E-state index >= 15 is 0 Å². The van der Waals surface area contributed by atoms with Crippen LogP contribution < -0.4 is 5.48 Å². The van der Waals surface area contributed by atoms with Crippen molar-refractivity contribution < 1.29 is 14.8 Å². The molecule has 1 aromatic rings. The largest absolute Gasteiger partial charge is 0.300 e. The Morgan fingerprint density at radius 3 is 2.11 bits per heavy atom. The summed E-state index contributed by atoms with van der Waals surface area (Å²) in [5, 5.41) is 8.24. The lowest BCUT2D eigenvalue weighted by Gasteiger charge is -1.96. The second-order valence-corrected chi connectivity index (χ2v) is 3.81. The number of hydroxylamine groups is 1. The molecule has 0 spiro atoms. The first kappa shape index (κ1) is 16.1. The minimum Gasteiger partial charge on any atom is -0.300 e. The van der Waals surface area contributed by atoms with Crippen molar-refractivity contribution in [1.82, 2.24) is 5.48 Å². The van der Waals surface area contributed by atoms with E-state index in [0.717, 1.165) is 12.0 Å². The number of ketones is 1. The number of carbonyl (C=O) groups excluding carboxylic acids is 2. The van der Waals surface area contributed by atoms with Gasteiger partial charge in [0.25, 0.3) is 5.91 Å². The topological polar surface area (TPSA) is 66.4 Å². The van der Waals surface area contributed by atoms with Gasteiger partial charge in [-0.25, -0.2) is 5.48 Å². The summed E-state index contributed by atoms with van der Waals surface area (Å²) < 4.78 is 0. The summed E-state index contributed by atoms with van der Waals surface area (Å²) in [6, 6.07) is 7.88. The molecule has 0 unspecified atom stereocenters. The highest BCUT2D eigenvalue weighted by Crippen LogP contribution is 2.06. The van der Waals surface area contributed by atoms with Crippen molar-refractivity contribution in [3.8, 4) is 0 Å². The van der Waals surface area contributed by atoms with Crippen LogP contribution in [0.3, 0.4) is 0 Å². The van der Waals surface area contributed by atoms with Crippen LogP contribution in [0.2, 0.25) is 0 Å². The van der Waals surface area contributed by atoms with Gasteiger partial charge in [-0.2, -0.15) is 0 Å². The molecule has 2 N–H and O–H groups in total. The standard InChI is InChI=1S/C11H13NO2.C3H6O/c1-2-9-3-5-10(6-4-9)7-8-11(13)12-14;1-3(2)4/h3-8,14H,2H2,1H3,(H,12,13);1-2H3/b8-7+;. The predicted octanol–water partition coefficient (Wildman–Crippen LogP) is 2.36. The monoisotopic (exact) mass is 249 g/mol. The Morgan fingerprint density at radius 1 is 1.22 bits per heavy atom. The van der Waals surface area contributed by atoms with E-state index in [-0.39, 0.29) is 5.78 Å². The molecule has 0 saturated carbocycles. The zero-order chi connectivity index (χ0) is 14.0. The number of rotatable bonds is 3. The molecule has 0 aliphatic rings. The first-order chi connectivity index (χ1) is 8.49. The van der Waals surface area contributed by atoms with Gasteiger partial charge >= 0.3 is 0 Å². The summed E-state index contributed by atoms with van der Waals surface area (Å²) in [6.07, 6.45) is 3.92. The fourth-order valence-electron chi connectivity index (χ4n) is 1.07. The van der Waals surface area contributed by atoms with Crippen molar-refractivity contribution in [3.05, 3.63) is 41.5 Å². The molecule has 4 nitrogen and oxygen atoms in total. The van der Waals surface area contributed by atoms with E-state index < -0.39 is 5.91 Å². The van der Waals surface area contributed by atoms with E-state index in [1.54, 1.807) is 6.08 Å². The molecule has 1 aromatic carbocycles. The van der Waals surface area contributed by atoms with Gasteiger partial charge in [-0.1, -0.05) is 31.2 Å². The lowest BCUT2D eigenvalue weighted by atomic mass is 10.1. The van der Waals surface area contributed by atoms with Gasteiger partial charge in [-0.15, -0.1) is 0 Å². The Kier molecular flexibility index (Phi) is 8.14. The lowest BCUT2D eigenvalue weighted by molar-refractivity contribution is -0.124. The summed E-state index contributed by atoms with van der Waals surface area (Å²) in [5.41, 5.74) is 3.73. The third-order valence-corrected chi connectivity index (χ3v) is 1.93. The molecule has 0 aliphatic heterocycles. The van der Waals surface area contributed by atoms with Crippen molar-refractivity contribution in [2.75, 3.05) is 0 Å². The Hall–Kier alpha value is -1.94. The van der Waals surface area contributed by atoms with Gasteiger partial charge < -0.3 is 4.79 Å². The third-order valence-electron chi connectivity index (χ3n) is 1.93. The number of Topliss-reactive ketones (excluding diaryl/α,β-unsaturated/α-hetero) is 1. The van der Waals surface area contributed by atoms with E-state index in [1.807, 2.05) is 24.3 Å². The summed E-state index contributed by atoms with van der Waals surface area (Å²) in [5.74, 6) is -0.357. The number of nitrogens with one attached hydrogen (secondary N) is 1. The van der Waals surface area contributed by atoms with Crippen molar-refractivity contribution in [2.24, 2.45) is 0 Å². The number of hydrogen-bond acceptors (Lipinski definition) is 3. The van der Waals surface area contributed by atoms with Gasteiger partial charge in [-0.3, -0.25) is 10.0 Å². The molecule has 1 rings (SSSR count). The van der Waals surface area contributed by atoms with Crippen molar-refractivity contribution in [3.63, 3.8) is 0 Å². The van der Waals surface area contributed by atoms with Crippen LogP contribution in [0.4, 0.5) is 0 Å². The minimum absolute atomic E-state index is 0.167. The Bertz CT molecular complexity index is 404. The number of carbonyl (C=O) groups is 2. The van der Waals surface area contributed by atoms with Crippen LogP contribution in [0.1, 0.15) is 31.9 Å². The summed E-state index contributed by atoms with van der Waals surface area (Å²) in [6.45, 7) is 5.14.